The zero-order valence-electron chi connectivity index (χ0n) is 12.9. The number of rotatable bonds is 4. The second-order valence-electron chi connectivity index (χ2n) is 5.59. The molecule has 0 aliphatic rings. The highest BCUT2D eigenvalue weighted by Crippen LogP contribution is 2.35. The molecule has 0 amide bonds. The molecule has 1 aromatic heterocycles. The Hall–Kier alpha value is -2.95. The smallest absolute Gasteiger partial charge is 0.279 e. The summed E-state index contributed by atoms with van der Waals surface area (Å²) in [6.07, 6.45) is 3.09. The van der Waals surface area contributed by atoms with E-state index in [-0.39, 0.29) is 5.69 Å². The lowest BCUT2D eigenvalue weighted by atomic mass is 10.0. The molecule has 1 heterocycles. The van der Waals surface area contributed by atoms with Gasteiger partial charge in [0.2, 0.25) is 0 Å². The predicted molar refractivity (Wildman–Crippen MR) is 89.0 cm³/mol. The first-order chi connectivity index (χ1) is 11.1. The van der Waals surface area contributed by atoms with Crippen LogP contribution in [0.1, 0.15) is 25.3 Å². The van der Waals surface area contributed by atoms with E-state index in [1.807, 2.05) is 18.2 Å². The van der Waals surface area contributed by atoms with E-state index in [1.165, 1.54) is 17.8 Å². The Morgan fingerprint density at radius 3 is 2.70 bits per heavy atom. The summed E-state index contributed by atoms with van der Waals surface area (Å²) in [5.41, 5.74) is 1.20. The number of non-ortho nitro benzene ring substituents is 1. The first kappa shape index (κ1) is 15.0. The Balaban J connectivity index is 2.06. The van der Waals surface area contributed by atoms with Gasteiger partial charge in [-0.1, -0.05) is 26.0 Å². The van der Waals surface area contributed by atoms with Crippen LogP contribution in [0, 0.1) is 10.1 Å². The van der Waals surface area contributed by atoms with Crippen LogP contribution in [0.5, 0.6) is 11.5 Å². The van der Waals surface area contributed by atoms with Gasteiger partial charge >= 0.3 is 0 Å². The van der Waals surface area contributed by atoms with E-state index in [1.54, 1.807) is 18.3 Å². The Kier molecular flexibility index (Phi) is 3.93. The van der Waals surface area contributed by atoms with Crippen molar-refractivity contribution in [2.45, 2.75) is 19.8 Å². The molecule has 0 saturated carbocycles. The van der Waals surface area contributed by atoms with E-state index < -0.39 is 4.92 Å². The Labute approximate surface area is 133 Å². The monoisotopic (exact) mass is 308 g/mol. The first-order valence-electron chi connectivity index (χ1n) is 7.35. The molecule has 0 saturated heterocycles. The van der Waals surface area contributed by atoms with Crippen molar-refractivity contribution in [1.82, 2.24) is 4.98 Å². The van der Waals surface area contributed by atoms with Crippen LogP contribution in [0.15, 0.2) is 54.9 Å². The lowest BCUT2D eigenvalue weighted by molar-refractivity contribution is -0.383. The number of fused-ring (bicyclic) bond motifs is 1. The van der Waals surface area contributed by atoms with E-state index in [0.717, 1.165) is 0 Å². The molecular formula is C18H16N2O3. The summed E-state index contributed by atoms with van der Waals surface area (Å²) in [6, 6.07) is 12.7. The molecule has 0 fully saturated rings. The van der Waals surface area contributed by atoms with Gasteiger partial charge in [-0.25, -0.2) is 0 Å². The zero-order valence-corrected chi connectivity index (χ0v) is 12.9. The number of nitrogens with zero attached hydrogens (tertiary/aromatic N) is 2. The van der Waals surface area contributed by atoms with Gasteiger partial charge in [0.15, 0.2) is 0 Å². The fraction of sp³-hybridized carbons (Fsp3) is 0.167. The molecule has 0 bridgehead atoms. The van der Waals surface area contributed by atoms with Gasteiger partial charge < -0.3 is 4.74 Å². The molecule has 0 unspecified atom stereocenters. The van der Waals surface area contributed by atoms with Crippen molar-refractivity contribution in [3.63, 3.8) is 0 Å². The number of aromatic nitrogens is 1. The molecule has 5 nitrogen and oxygen atoms in total. The molecule has 0 N–H and O–H groups in total. The highest BCUT2D eigenvalue weighted by molar-refractivity contribution is 5.94. The number of benzene rings is 2. The summed E-state index contributed by atoms with van der Waals surface area (Å²) >= 11 is 0. The molecular weight excluding hydrogens is 292 g/mol. The Morgan fingerprint density at radius 1 is 1.13 bits per heavy atom. The average Bonchev–Trinajstić information content (AvgIpc) is 2.55. The Morgan fingerprint density at radius 2 is 1.96 bits per heavy atom. The van der Waals surface area contributed by atoms with Crippen LogP contribution in [0.3, 0.4) is 0 Å². The topological polar surface area (TPSA) is 65.3 Å². The molecule has 3 rings (SSSR count). The van der Waals surface area contributed by atoms with Crippen LogP contribution >= 0.6 is 0 Å². The van der Waals surface area contributed by atoms with Gasteiger partial charge in [-0.3, -0.25) is 15.1 Å². The summed E-state index contributed by atoms with van der Waals surface area (Å²) in [5.74, 6) is 1.69. The molecule has 0 radical (unpaired) electrons. The molecule has 0 spiro atoms. The van der Waals surface area contributed by atoms with Gasteiger partial charge in [0.1, 0.15) is 11.5 Å². The van der Waals surface area contributed by atoms with Crippen molar-refractivity contribution in [2.24, 2.45) is 0 Å². The molecule has 0 atom stereocenters. The minimum atomic E-state index is -0.410. The number of ether oxygens (including phenoxy) is 1. The highest BCUT2D eigenvalue weighted by atomic mass is 16.6. The molecule has 3 aromatic rings. The minimum Gasteiger partial charge on any atom is -0.457 e. The van der Waals surface area contributed by atoms with Gasteiger partial charge in [-0.2, -0.15) is 0 Å². The van der Waals surface area contributed by atoms with E-state index in [0.29, 0.717) is 28.2 Å². The number of hydrogen-bond acceptors (Lipinski definition) is 4. The quantitative estimate of drug-likeness (QED) is 0.499. The van der Waals surface area contributed by atoms with Crippen molar-refractivity contribution in [1.29, 1.82) is 0 Å². The number of hydrogen-bond donors (Lipinski definition) is 0. The summed E-state index contributed by atoms with van der Waals surface area (Å²) in [6.45, 7) is 4.23. The first-order valence-corrected chi connectivity index (χ1v) is 7.35. The second-order valence-corrected chi connectivity index (χ2v) is 5.59. The Bertz CT molecular complexity index is 875. The fourth-order valence-electron chi connectivity index (χ4n) is 2.46. The molecule has 5 heteroatoms. The zero-order chi connectivity index (χ0) is 16.4. The van der Waals surface area contributed by atoms with Crippen molar-refractivity contribution < 1.29 is 9.66 Å². The minimum absolute atomic E-state index is 0.0244. The summed E-state index contributed by atoms with van der Waals surface area (Å²) < 4.78 is 5.97. The van der Waals surface area contributed by atoms with Gasteiger partial charge in [0, 0.05) is 23.8 Å². The third-order valence-electron chi connectivity index (χ3n) is 3.70. The maximum atomic E-state index is 11.1. The molecule has 0 aliphatic heterocycles. The van der Waals surface area contributed by atoms with E-state index in [9.17, 15) is 10.1 Å². The highest BCUT2D eigenvalue weighted by Gasteiger charge is 2.15. The van der Waals surface area contributed by atoms with Crippen molar-refractivity contribution in [3.05, 3.63) is 70.5 Å². The van der Waals surface area contributed by atoms with Gasteiger partial charge in [-0.15, -0.1) is 0 Å². The second kappa shape index (κ2) is 6.04. The largest absolute Gasteiger partial charge is 0.457 e. The lowest BCUT2D eigenvalue weighted by Crippen LogP contribution is -1.93. The van der Waals surface area contributed by atoms with Gasteiger partial charge in [0.25, 0.3) is 5.69 Å². The normalized spacial score (nSPS) is 10.9. The molecule has 0 aliphatic carbocycles. The van der Waals surface area contributed by atoms with Gasteiger partial charge in [-0.05, 0) is 35.7 Å². The third kappa shape index (κ3) is 2.99. The van der Waals surface area contributed by atoms with Crippen molar-refractivity contribution in [3.8, 4) is 11.5 Å². The molecule has 116 valence electrons. The number of pyridine rings is 1. The maximum Gasteiger partial charge on any atom is 0.279 e. The summed E-state index contributed by atoms with van der Waals surface area (Å²) in [4.78, 5) is 14.7. The van der Waals surface area contributed by atoms with E-state index in [4.69, 9.17) is 4.74 Å². The van der Waals surface area contributed by atoms with Gasteiger partial charge in [0.05, 0.1) is 10.3 Å². The standard InChI is InChI=1S/C18H16N2O3/c1-12(2)13-4-3-5-14(10-13)23-18-7-6-17(20(21)22)16-11-19-9-8-15(16)18/h3-12H,1-2H3. The average molecular weight is 308 g/mol. The number of nitro groups is 1. The van der Waals surface area contributed by atoms with Crippen LogP contribution in [0.25, 0.3) is 10.8 Å². The fourth-order valence-corrected chi connectivity index (χ4v) is 2.46. The molecule has 23 heavy (non-hydrogen) atoms. The van der Waals surface area contributed by atoms with Crippen LogP contribution in [0.2, 0.25) is 0 Å². The molecule has 2 aromatic carbocycles. The van der Waals surface area contributed by atoms with E-state index >= 15 is 0 Å². The van der Waals surface area contributed by atoms with Crippen LogP contribution in [-0.4, -0.2) is 9.91 Å². The predicted octanol–water partition coefficient (Wildman–Crippen LogP) is 5.06. The van der Waals surface area contributed by atoms with E-state index in [2.05, 4.69) is 24.9 Å². The number of nitro benzene ring substituents is 1. The summed E-state index contributed by atoms with van der Waals surface area (Å²) in [7, 11) is 0. The van der Waals surface area contributed by atoms with Crippen LogP contribution in [-0.2, 0) is 0 Å². The summed E-state index contributed by atoms with van der Waals surface area (Å²) in [5, 5.41) is 12.3. The maximum absolute atomic E-state index is 11.1. The SMILES string of the molecule is CC(C)c1cccc(Oc2ccc([N+](=O)[O-])c3cnccc23)c1. The van der Waals surface area contributed by atoms with Crippen molar-refractivity contribution in [2.75, 3.05) is 0 Å². The third-order valence-corrected chi connectivity index (χ3v) is 3.70. The lowest BCUT2D eigenvalue weighted by Gasteiger charge is -2.11. The van der Waals surface area contributed by atoms with Crippen LogP contribution < -0.4 is 4.74 Å². The van der Waals surface area contributed by atoms with Crippen molar-refractivity contribution >= 4 is 16.5 Å². The van der Waals surface area contributed by atoms with Crippen LogP contribution in [0.4, 0.5) is 5.69 Å².